The van der Waals surface area contributed by atoms with Gasteiger partial charge in [0.1, 0.15) is 16.3 Å². The fraction of sp³-hybridized carbons (Fsp3) is 0.312. The number of hydrogen-bond acceptors (Lipinski definition) is 4. The standard InChI is InChI=1S/C32H36N2O3S/c1-8-16-34-27-15-14-24(20(5)6)17-25(27)21(7)29(34)30(35)33-31-28(32(36)37-9-2)26(18-38-31)23-12-10-22(11-13-23)19(3)4/h8,10-15,17-20H,1,9,16H2,2-7H3,(H,33,35). The number of fused-ring (bicyclic) bond motifs is 1. The lowest BCUT2D eigenvalue weighted by Crippen LogP contribution is -2.19. The van der Waals surface area contributed by atoms with E-state index >= 15 is 0 Å². The van der Waals surface area contributed by atoms with Gasteiger partial charge >= 0.3 is 5.97 Å². The van der Waals surface area contributed by atoms with Crippen molar-refractivity contribution in [1.82, 2.24) is 4.57 Å². The Morgan fingerprint density at radius 3 is 2.32 bits per heavy atom. The van der Waals surface area contributed by atoms with Gasteiger partial charge in [-0.05, 0) is 60.1 Å². The number of hydrogen-bond donors (Lipinski definition) is 1. The van der Waals surface area contributed by atoms with E-state index in [-0.39, 0.29) is 12.5 Å². The number of nitrogens with zero attached hydrogens (tertiary/aromatic N) is 1. The summed E-state index contributed by atoms with van der Waals surface area (Å²) in [4.78, 5) is 26.9. The third-order valence-electron chi connectivity index (χ3n) is 6.92. The van der Waals surface area contributed by atoms with Gasteiger partial charge < -0.3 is 14.6 Å². The van der Waals surface area contributed by atoms with E-state index in [0.717, 1.165) is 27.6 Å². The van der Waals surface area contributed by atoms with Gasteiger partial charge in [-0.1, -0.05) is 64.1 Å². The van der Waals surface area contributed by atoms with Crippen molar-refractivity contribution < 1.29 is 14.3 Å². The quantitative estimate of drug-likeness (QED) is 0.175. The molecule has 0 unspecified atom stereocenters. The first-order valence-corrected chi connectivity index (χ1v) is 14.0. The van der Waals surface area contributed by atoms with Crippen LogP contribution in [0.3, 0.4) is 0 Å². The minimum Gasteiger partial charge on any atom is -0.462 e. The van der Waals surface area contributed by atoms with Crippen molar-refractivity contribution in [2.24, 2.45) is 0 Å². The van der Waals surface area contributed by atoms with Crippen molar-refractivity contribution in [3.8, 4) is 11.1 Å². The molecule has 0 aliphatic carbocycles. The fourth-order valence-electron chi connectivity index (χ4n) is 4.79. The maximum Gasteiger partial charge on any atom is 0.341 e. The lowest BCUT2D eigenvalue weighted by atomic mass is 9.98. The van der Waals surface area contributed by atoms with E-state index < -0.39 is 5.97 Å². The van der Waals surface area contributed by atoms with Gasteiger partial charge in [0.05, 0.1) is 6.61 Å². The zero-order valence-corrected chi connectivity index (χ0v) is 23.9. The number of ether oxygens (including phenoxy) is 1. The van der Waals surface area contributed by atoms with Gasteiger partial charge in [0.25, 0.3) is 5.91 Å². The van der Waals surface area contributed by atoms with Crippen LogP contribution in [0.4, 0.5) is 5.00 Å². The van der Waals surface area contributed by atoms with Crippen LogP contribution in [0.1, 0.15) is 84.0 Å². The van der Waals surface area contributed by atoms with Gasteiger partial charge in [0, 0.05) is 28.4 Å². The Bertz CT molecular complexity index is 1490. The Labute approximate surface area is 229 Å². The van der Waals surface area contributed by atoms with Crippen molar-refractivity contribution in [1.29, 1.82) is 0 Å². The lowest BCUT2D eigenvalue weighted by Gasteiger charge is -2.12. The largest absolute Gasteiger partial charge is 0.462 e. The van der Waals surface area contributed by atoms with Crippen molar-refractivity contribution in [2.45, 2.75) is 59.9 Å². The van der Waals surface area contributed by atoms with Gasteiger partial charge in [-0.2, -0.15) is 0 Å². The van der Waals surface area contributed by atoms with Crippen LogP contribution in [-0.4, -0.2) is 23.1 Å². The summed E-state index contributed by atoms with van der Waals surface area (Å²) >= 11 is 1.33. The number of carbonyl (C=O) groups excluding carboxylic acids is 2. The number of esters is 1. The number of thiophene rings is 1. The Hall–Kier alpha value is -3.64. The first-order valence-electron chi connectivity index (χ1n) is 13.1. The minimum absolute atomic E-state index is 0.249. The fourth-order valence-corrected chi connectivity index (χ4v) is 5.74. The smallest absolute Gasteiger partial charge is 0.341 e. The monoisotopic (exact) mass is 528 g/mol. The maximum atomic E-state index is 13.8. The van der Waals surface area contributed by atoms with Gasteiger partial charge in [-0.15, -0.1) is 17.9 Å². The molecule has 0 atom stereocenters. The van der Waals surface area contributed by atoms with Crippen LogP contribution in [0.5, 0.6) is 0 Å². The average Bonchev–Trinajstić information content (AvgIpc) is 3.43. The van der Waals surface area contributed by atoms with Gasteiger partial charge in [0.2, 0.25) is 0 Å². The maximum absolute atomic E-state index is 13.8. The second-order valence-electron chi connectivity index (χ2n) is 10.1. The molecule has 0 bridgehead atoms. The molecule has 4 rings (SSSR count). The number of amides is 1. The van der Waals surface area contributed by atoms with Crippen LogP contribution in [0.2, 0.25) is 0 Å². The first-order chi connectivity index (χ1) is 18.2. The molecule has 1 N–H and O–H groups in total. The summed E-state index contributed by atoms with van der Waals surface area (Å²) in [6.45, 7) is 17.0. The molecule has 198 valence electrons. The molecule has 5 nitrogen and oxygen atoms in total. The van der Waals surface area contributed by atoms with Gasteiger partial charge in [-0.25, -0.2) is 4.79 Å². The molecular weight excluding hydrogens is 492 g/mol. The molecule has 0 fully saturated rings. The highest BCUT2D eigenvalue weighted by Gasteiger charge is 2.26. The molecule has 1 amide bonds. The number of aryl methyl sites for hydroxylation is 1. The summed E-state index contributed by atoms with van der Waals surface area (Å²) in [6, 6.07) is 14.5. The molecule has 2 heterocycles. The predicted molar refractivity (Wildman–Crippen MR) is 159 cm³/mol. The summed E-state index contributed by atoms with van der Waals surface area (Å²) < 4.78 is 7.39. The highest BCUT2D eigenvalue weighted by Crippen LogP contribution is 2.38. The highest BCUT2D eigenvalue weighted by atomic mass is 32.1. The Balaban J connectivity index is 1.78. The third-order valence-corrected chi connectivity index (χ3v) is 7.82. The van der Waals surface area contributed by atoms with E-state index in [1.807, 2.05) is 29.0 Å². The number of benzene rings is 2. The molecule has 0 radical (unpaired) electrons. The molecule has 0 spiro atoms. The van der Waals surface area contributed by atoms with Crippen LogP contribution >= 0.6 is 11.3 Å². The SMILES string of the molecule is C=CCn1c(C(=O)Nc2scc(-c3ccc(C(C)C)cc3)c2C(=O)OCC)c(C)c2cc(C(C)C)ccc21. The normalized spacial score (nSPS) is 11.4. The summed E-state index contributed by atoms with van der Waals surface area (Å²) in [5.74, 6) is 0.0795. The molecule has 0 aliphatic rings. The van der Waals surface area contributed by atoms with Crippen molar-refractivity contribution >= 4 is 39.1 Å². The van der Waals surface area contributed by atoms with Crippen LogP contribution in [0.15, 0.2) is 60.5 Å². The van der Waals surface area contributed by atoms with E-state index in [9.17, 15) is 9.59 Å². The zero-order chi connectivity index (χ0) is 27.6. The second-order valence-corrected chi connectivity index (χ2v) is 11.0. The zero-order valence-electron chi connectivity index (χ0n) is 23.1. The molecule has 0 saturated heterocycles. The van der Waals surface area contributed by atoms with E-state index in [4.69, 9.17) is 4.74 Å². The molecular formula is C32H36N2O3S. The number of allylic oxidation sites excluding steroid dienone is 1. The van der Waals surface area contributed by atoms with E-state index in [1.165, 1.54) is 22.5 Å². The number of nitrogens with one attached hydrogen (secondary N) is 1. The Morgan fingerprint density at radius 2 is 1.71 bits per heavy atom. The summed E-state index contributed by atoms with van der Waals surface area (Å²) in [5.41, 5.74) is 6.94. The van der Waals surface area contributed by atoms with Gasteiger partial charge in [0.15, 0.2) is 0 Å². The highest BCUT2D eigenvalue weighted by molar-refractivity contribution is 7.15. The van der Waals surface area contributed by atoms with Crippen molar-refractivity contribution in [3.05, 3.63) is 88.4 Å². The number of anilines is 1. The topological polar surface area (TPSA) is 60.3 Å². The average molecular weight is 529 g/mol. The lowest BCUT2D eigenvalue weighted by molar-refractivity contribution is 0.0529. The Kier molecular flexibility index (Phi) is 8.22. The van der Waals surface area contributed by atoms with Crippen molar-refractivity contribution in [3.63, 3.8) is 0 Å². The predicted octanol–water partition coefficient (Wildman–Crippen LogP) is 8.54. The summed E-state index contributed by atoms with van der Waals surface area (Å²) in [6.07, 6.45) is 1.79. The van der Waals surface area contributed by atoms with Crippen LogP contribution in [0, 0.1) is 6.92 Å². The third kappa shape index (κ3) is 5.18. The van der Waals surface area contributed by atoms with Crippen molar-refractivity contribution in [2.75, 3.05) is 11.9 Å². The van der Waals surface area contributed by atoms with E-state index in [1.54, 1.807) is 13.0 Å². The summed E-state index contributed by atoms with van der Waals surface area (Å²) in [5, 5.41) is 6.49. The molecule has 2 aromatic heterocycles. The Morgan fingerprint density at radius 1 is 1.05 bits per heavy atom. The molecule has 38 heavy (non-hydrogen) atoms. The van der Waals surface area contributed by atoms with Crippen LogP contribution < -0.4 is 5.32 Å². The molecule has 6 heteroatoms. The molecule has 2 aromatic carbocycles. The molecule has 0 saturated carbocycles. The van der Waals surface area contributed by atoms with Crippen LogP contribution in [-0.2, 0) is 11.3 Å². The molecule has 4 aromatic rings. The number of aromatic nitrogens is 1. The first kappa shape index (κ1) is 27.4. The summed E-state index contributed by atoms with van der Waals surface area (Å²) in [7, 11) is 0. The number of carbonyl (C=O) groups is 2. The molecule has 0 aliphatic heterocycles. The second kappa shape index (κ2) is 11.4. The minimum atomic E-state index is -0.447. The van der Waals surface area contributed by atoms with E-state index in [0.29, 0.717) is 34.6 Å². The van der Waals surface area contributed by atoms with Crippen LogP contribution in [0.25, 0.3) is 22.0 Å². The number of rotatable bonds is 9. The van der Waals surface area contributed by atoms with E-state index in [2.05, 4.69) is 69.9 Å². The van der Waals surface area contributed by atoms with Gasteiger partial charge in [-0.3, -0.25) is 4.79 Å².